The average molecular weight is 232 g/mol. The predicted octanol–water partition coefficient (Wildman–Crippen LogP) is 2.62. The van der Waals surface area contributed by atoms with Gasteiger partial charge in [0.25, 0.3) is 0 Å². The predicted molar refractivity (Wildman–Crippen MR) is 66.6 cm³/mol. The highest BCUT2D eigenvalue weighted by Crippen LogP contribution is 2.14. The van der Waals surface area contributed by atoms with Crippen molar-refractivity contribution in [2.24, 2.45) is 5.92 Å². The van der Waals surface area contributed by atoms with Crippen molar-refractivity contribution >= 4 is 0 Å². The van der Waals surface area contributed by atoms with Gasteiger partial charge in [-0.1, -0.05) is 33.6 Å². The third-order valence-electron chi connectivity index (χ3n) is 2.43. The largest absolute Gasteiger partial charge is 0.394 e. The number of hydrogen-bond donors (Lipinski definition) is 1. The van der Waals surface area contributed by atoms with E-state index in [0.29, 0.717) is 31.8 Å². The van der Waals surface area contributed by atoms with Crippen LogP contribution in [0.25, 0.3) is 0 Å². The van der Waals surface area contributed by atoms with Gasteiger partial charge in [0.15, 0.2) is 0 Å². The molecule has 0 rings (SSSR count). The van der Waals surface area contributed by atoms with Gasteiger partial charge in [-0.25, -0.2) is 0 Å². The number of aliphatic hydroxyl groups excluding tert-OH is 1. The van der Waals surface area contributed by atoms with E-state index >= 15 is 0 Å². The van der Waals surface area contributed by atoms with Crippen molar-refractivity contribution in [3.05, 3.63) is 0 Å². The molecule has 98 valence electrons. The van der Waals surface area contributed by atoms with Gasteiger partial charge in [0.2, 0.25) is 0 Å². The lowest BCUT2D eigenvalue weighted by molar-refractivity contribution is -0.0133. The molecule has 0 aromatic rings. The highest BCUT2D eigenvalue weighted by Gasteiger charge is 2.10. The van der Waals surface area contributed by atoms with Crippen LogP contribution < -0.4 is 0 Å². The zero-order chi connectivity index (χ0) is 12.2. The fraction of sp³-hybridized carbons (Fsp3) is 1.00. The Morgan fingerprint density at radius 3 is 2.44 bits per heavy atom. The van der Waals surface area contributed by atoms with E-state index in [1.54, 1.807) is 0 Å². The molecular formula is C13H28O3. The van der Waals surface area contributed by atoms with E-state index in [4.69, 9.17) is 14.6 Å². The van der Waals surface area contributed by atoms with Gasteiger partial charge in [-0.2, -0.15) is 0 Å². The maximum absolute atomic E-state index is 8.54. The van der Waals surface area contributed by atoms with Crippen LogP contribution in [0.15, 0.2) is 0 Å². The quantitative estimate of drug-likeness (QED) is 0.557. The average Bonchev–Trinajstić information content (AvgIpc) is 2.24. The Bertz CT molecular complexity index is 137. The van der Waals surface area contributed by atoms with Crippen molar-refractivity contribution in [2.75, 3.05) is 26.4 Å². The molecule has 0 aromatic heterocycles. The topological polar surface area (TPSA) is 38.7 Å². The Balaban J connectivity index is 3.56. The SMILES string of the molecule is CCCCC(CC(C)C)OCCOCCO. The van der Waals surface area contributed by atoms with E-state index in [1.165, 1.54) is 12.8 Å². The van der Waals surface area contributed by atoms with Crippen LogP contribution in [0, 0.1) is 5.92 Å². The molecule has 0 aliphatic rings. The summed E-state index contributed by atoms with van der Waals surface area (Å²) in [6.07, 6.45) is 5.10. The molecule has 0 fully saturated rings. The molecule has 0 amide bonds. The van der Waals surface area contributed by atoms with Gasteiger partial charge in [0, 0.05) is 0 Å². The second kappa shape index (κ2) is 11.4. The number of rotatable bonds is 11. The van der Waals surface area contributed by atoms with Crippen LogP contribution in [0.2, 0.25) is 0 Å². The van der Waals surface area contributed by atoms with Crippen molar-refractivity contribution in [3.63, 3.8) is 0 Å². The van der Waals surface area contributed by atoms with E-state index < -0.39 is 0 Å². The maximum atomic E-state index is 8.54. The third kappa shape index (κ3) is 10.4. The number of aliphatic hydroxyl groups is 1. The minimum atomic E-state index is 0.0885. The summed E-state index contributed by atoms with van der Waals surface area (Å²) >= 11 is 0. The van der Waals surface area contributed by atoms with Crippen LogP contribution in [-0.2, 0) is 9.47 Å². The number of ether oxygens (including phenoxy) is 2. The van der Waals surface area contributed by atoms with Gasteiger partial charge >= 0.3 is 0 Å². The van der Waals surface area contributed by atoms with Crippen LogP contribution >= 0.6 is 0 Å². The van der Waals surface area contributed by atoms with Crippen molar-refractivity contribution in [1.29, 1.82) is 0 Å². The Labute approximate surface area is 100 Å². The smallest absolute Gasteiger partial charge is 0.0704 e. The first kappa shape index (κ1) is 15.9. The molecule has 3 nitrogen and oxygen atoms in total. The highest BCUT2D eigenvalue weighted by atomic mass is 16.5. The fourth-order valence-corrected chi connectivity index (χ4v) is 1.67. The van der Waals surface area contributed by atoms with Crippen LogP contribution in [0.3, 0.4) is 0 Å². The molecule has 0 saturated carbocycles. The molecule has 0 radical (unpaired) electrons. The maximum Gasteiger partial charge on any atom is 0.0704 e. The molecule has 0 aliphatic carbocycles. The Kier molecular flexibility index (Phi) is 11.3. The molecule has 1 unspecified atom stereocenters. The minimum Gasteiger partial charge on any atom is -0.394 e. The second-order valence-corrected chi connectivity index (χ2v) is 4.60. The Morgan fingerprint density at radius 1 is 1.12 bits per heavy atom. The molecule has 0 aromatic carbocycles. The van der Waals surface area contributed by atoms with E-state index in [0.717, 1.165) is 12.8 Å². The zero-order valence-electron chi connectivity index (χ0n) is 11.1. The van der Waals surface area contributed by atoms with E-state index in [-0.39, 0.29) is 6.61 Å². The summed E-state index contributed by atoms with van der Waals surface area (Å²) in [5.74, 6) is 0.681. The monoisotopic (exact) mass is 232 g/mol. The first-order valence-corrected chi connectivity index (χ1v) is 6.50. The van der Waals surface area contributed by atoms with Gasteiger partial charge < -0.3 is 14.6 Å². The molecule has 0 aliphatic heterocycles. The first-order chi connectivity index (χ1) is 7.70. The van der Waals surface area contributed by atoms with Crippen molar-refractivity contribution in [2.45, 2.75) is 52.6 Å². The summed E-state index contributed by atoms with van der Waals surface area (Å²) in [4.78, 5) is 0. The standard InChI is InChI=1S/C13H28O3/c1-4-5-6-13(11-12(2)3)16-10-9-15-8-7-14/h12-14H,4-11H2,1-3H3. The molecule has 0 heterocycles. The van der Waals surface area contributed by atoms with Crippen LogP contribution in [-0.4, -0.2) is 37.6 Å². The summed E-state index contributed by atoms with van der Waals surface area (Å²) in [6, 6.07) is 0. The van der Waals surface area contributed by atoms with Gasteiger partial charge in [-0.3, -0.25) is 0 Å². The molecular weight excluding hydrogens is 204 g/mol. The molecule has 0 spiro atoms. The lowest BCUT2D eigenvalue weighted by Gasteiger charge is -2.19. The summed E-state index contributed by atoms with van der Waals surface area (Å²) < 4.78 is 11.0. The molecule has 16 heavy (non-hydrogen) atoms. The molecule has 0 saturated heterocycles. The summed E-state index contributed by atoms with van der Waals surface area (Å²) in [7, 11) is 0. The van der Waals surface area contributed by atoms with Crippen LogP contribution in [0.4, 0.5) is 0 Å². The van der Waals surface area contributed by atoms with E-state index in [1.807, 2.05) is 0 Å². The molecule has 0 bridgehead atoms. The normalized spacial score (nSPS) is 13.3. The zero-order valence-corrected chi connectivity index (χ0v) is 11.1. The fourth-order valence-electron chi connectivity index (χ4n) is 1.67. The number of unbranched alkanes of at least 4 members (excludes halogenated alkanes) is 1. The van der Waals surface area contributed by atoms with Crippen molar-refractivity contribution < 1.29 is 14.6 Å². The minimum absolute atomic E-state index is 0.0885. The van der Waals surface area contributed by atoms with Crippen LogP contribution in [0.1, 0.15) is 46.5 Å². The lowest BCUT2D eigenvalue weighted by atomic mass is 10.0. The first-order valence-electron chi connectivity index (χ1n) is 6.50. The summed E-state index contributed by atoms with van der Waals surface area (Å²) in [5, 5.41) is 8.54. The van der Waals surface area contributed by atoms with Gasteiger partial charge in [-0.05, 0) is 18.8 Å². The Hall–Kier alpha value is -0.120. The summed E-state index contributed by atoms with van der Waals surface area (Å²) in [6.45, 7) is 8.38. The van der Waals surface area contributed by atoms with E-state index in [9.17, 15) is 0 Å². The number of hydrogen-bond acceptors (Lipinski definition) is 3. The van der Waals surface area contributed by atoms with Gasteiger partial charge in [0.05, 0.1) is 32.5 Å². The Morgan fingerprint density at radius 2 is 1.88 bits per heavy atom. The van der Waals surface area contributed by atoms with Crippen molar-refractivity contribution in [1.82, 2.24) is 0 Å². The van der Waals surface area contributed by atoms with Gasteiger partial charge in [0.1, 0.15) is 0 Å². The molecule has 1 N–H and O–H groups in total. The van der Waals surface area contributed by atoms with E-state index in [2.05, 4.69) is 20.8 Å². The van der Waals surface area contributed by atoms with Crippen LogP contribution in [0.5, 0.6) is 0 Å². The lowest BCUT2D eigenvalue weighted by Crippen LogP contribution is -2.19. The van der Waals surface area contributed by atoms with Crippen molar-refractivity contribution in [3.8, 4) is 0 Å². The molecule has 1 atom stereocenters. The summed E-state index contributed by atoms with van der Waals surface area (Å²) in [5.41, 5.74) is 0. The molecule has 3 heteroatoms. The highest BCUT2D eigenvalue weighted by molar-refractivity contribution is 4.61. The second-order valence-electron chi connectivity index (χ2n) is 4.60. The van der Waals surface area contributed by atoms with Gasteiger partial charge in [-0.15, -0.1) is 0 Å². The third-order valence-corrected chi connectivity index (χ3v) is 2.43.